The summed E-state index contributed by atoms with van der Waals surface area (Å²) < 4.78 is 0.147. The van der Waals surface area contributed by atoms with Crippen molar-refractivity contribution in [3.63, 3.8) is 0 Å². The normalized spacial score (nSPS) is 16.4. The van der Waals surface area contributed by atoms with Gasteiger partial charge in [-0.2, -0.15) is 0 Å². The smallest absolute Gasteiger partial charge is 0.232 e. The quantitative estimate of drug-likeness (QED) is 0.856. The van der Waals surface area contributed by atoms with Gasteiger partial charge in [0.1, 0.15) is 0 Å². The van der Waals surface area contributed by atoms with Gasteiger partial charge in [-0.15, -0.1) is 11.8 Å². The van der Waals surface area contributed by atoms with Crippen LogP contribution in [-0.4, -0.2) is 52.5 Å². The molecule has 1 aliphatic rings. The van der Waals surface area contributed by atoms with Gasteiger partial charge in [-0.1, -0.05) is 20.8 Å². The van der Waals surface area contributed by atoms with E-state index in [0.29, 0.717) is 5.75 Å². The molecule has 0 atom stereocenters. The van der Waals surface area contributed by atoms with E-state index in [4.69, 9.17) is 0 Å². The van der Waals surface area contributed by atoms with E-state index in [1.165, 1.54) is 5.69 Å². The molecule has 0 aromatic carbocycles. The van der Waals surface area contributed by atoms with Crippen LogP contribution < -0.4 is 4.90 Å². The van der Waals surface area contributed by atoms with Crippen LogP contribution in [0.1, 0.15) is 20.8 Å². The topological polar surface area (TPSA) is 36.4 Å². The highest BCUT2D eigenvalue weighted by Crippen LogP contribution is 2.23. The summed E-state index contributed by atoms with van der Waals surface area (Å²) in [4.78, 5) is 20.5. The van der Waals surface area contributed by atoms with Gasteiger partial charge in [-0.3, -0.25) is 9.78 Å². The Hall–Kier alpha value is -1.23. The molecule has 1 fully saturated rings. The lowest BCUT2D eigenvalue weighted by Crippen LogP contribution is -2.49. The molecule has 0 bridgehead atoms. The highest BCUT2D eigenvalue weighted by Gasteiger charge is 2.22. The summed E-state index contributed by atoms with van der Waals surface area (Å²) in [5.41, 5.74) is 1.19. The van der Waals surface area contributed by atoms with Gasteiger partial charge in [0.2, 0.25) is 5.91 Å². The number of aromatic nitrogens is 1. The van der Waals surface area contributed by atoms with E-state index in [1.54, 1.807) is 11.8 Å². The monoisotopic (exact) mass is 293 g/mol. The number of piperazine rings is 1. The first kappa shape index (κ1) is 15.2. The van der Waals surface area contributed by atoms with Crippen LogP contribution in [-0.2, 0) is 4.79 Å². The molecule has 1 saturated heterocycles. The molecule has 1 aromatic heterocycles. The number of hydrogen-bond acceptors (Lipinski definition) is 4. The Labute approximate surface area is 125 Å². The molecule has 1 aliphatic heterocycles. The SMILES string of the molecule is CC(C)(C)SCC(=O)N1CCN(c2ccncc2)CC1. The number of carbonyl (C=O) groups is 1. The molecule has 0 unspecified atom stereocenters. The van der Waals surface area contributed by atoms with Crippen molar-refractivity contribution < 1.29 is 4.79 Å². The van der Waals surface area contributed by atoms with Gasteiger partial charge in [0.25, 0.3) is 0 Å². The van der Waals surface area contributed by atoms with E-state index >= 15 is 0 Å². The summed E-state index contributed by atoms with van der Waals surface area (Å²) in [6.07, 6.45) is 3.62. The van der Waals surface area contributed by atoms with Crippen molar-refractivity contribution in [1.82, 2.24) is 9.88 Å². The highest BCUT2D eigenvalue weighted by molar-refractivity contribution is 8.01. The summed E-state index contributed by atoms with van der Waals surface area (Å²) in [6.45, 7) is 9.86. The number of rotatable bonds is 3. The Morgan fingerprint density at radius 1 is 1.20 bits per heavy atom. The highest BCUT2D eigenvalue weighted by atomic mass is 32.2. The zero-order valence-electron chi connectivity index (χ0n) is 12.5. The fraction of sp³-hybridized carbons (Fsp3) is 0.600. The van der Waals surface area contributed by atoms with E-state index in [2.05, 4.69) is 30.7 Å². The zero-order chi connectivity index (χ0) is 14.6. The van der Waals surface area contributed by atoms with Gasteiger partial charge in [0.05, 0.1) is 5.75 Å². The van der Waals surface area contributed by atoms with Crippen LogP contribution in [0.15, 0.2) is 24.5 Å². The second-order valence-corrected chi connectivity index (χ2v) is 7.78. The van der Waals surface area contributed by atoms with Gasteiger partial charge in [0, 0.05) is 49.0 Å². The molecular weight excluding hydrogens is 270 g/mol. The van der Waals surface area contributed by atoms with Crippen molar-refractivity contribution in [3.05, 3.63) is 24.5 Å². The molecular formula is C15H23N3OS. The van der Waals surface area contributed by atoms with Crippen LogP contribution in [0.5, 0.6) is 0 Å². The van der Waals surface area contributed by atoms with Crippen LogP contribution in [0.25, 0.3) is 0 Å². The number of carbonyl (C=O) groups excluding carboxylic acids is 1. The molecule has 2 rings (SSSR count). The Balaban J connectivity index is 1.81. The van der Waals surface area contributed by atoms with Gasteiger partial charge in [-0.25, -0.2) is 0 Å². The van der Waals surface area contributed by atoms with Crippen LogP contribution >= 0.6 is 11.8 Å². The van der Waals surface area contributed by atoms with Gasteiger partial charge >= 0.3 is 0 Å². The standard InChI is InChI=1S/C15H23N3OS/c1-15(2,3)20-12-14(19)18-10-8-17(9-11-18)13-4-6-16-7-5-13/h4-7H,8-12H2,1-3H3. The second kappa shape index (κ2) is 6.48. The number of pyridine rings is 1. The summed E-state index contributed by atoms with van der Waals surface area (Å²) in [5.74, 6) is 0.845. The minimum Gasteiger partial charge on any atom is -0.368 e. The van der Waals surface area contributed by atoms with Crippen LogP contribution in [0.3, 0.4) is 0 Å². The van der Waals surface area contributed by atoms with E-state index in [9.17, 15) is 4.79 Å². The molecule has 5 heteroatoms. The Bertz CT molecular complexity index is 436. The van der Waals surface area contributed by atoms with Crippen molar-refractivity contribution in [3.8, 4) is 0 Å². The van der Waals surface area contributed by atoms with Gasteiger partial charge in [0.15, 0.2) is 0 Å². The summed E-state index contributed by atoms with van der Waals surface area (Å²) in [7, 11) is 0. The molecule has 2 heterocycles. The Kier molecular flexibility index (Phi) is 4.91. The minimum atomic E-state index is 0.147. The van der Waals surface area contributed by atoms with Gasteiger partial charge < -0.3 is 9.80 Å². The molecule has 0 aliphatic carbocycles. The number of anilines is 1. The average molecular weight is 293 g/mol. The third-order valence-corrected chi connectivity index (χ3v) is 4.55. The predicted octanol–water partition coefficient (Wildman–Crippen LogP) is 2.26. The molecule has 0 radical (unpaired) electrons. The van der Waals surface area contributed by atoms with Crippen molar-refractivity contribution in [1.29, 1.82) is 0 Å². The summed E-state index contributed by atoms with van der Waals surface area (Å²) >= 11 is 1.72. The molecule has 1 aromatic rings. The van der Waals surface area contributed by atoms with Crippen LogP contribution in [0, 0.1) is 0 Å². The van der Waals surface area contributed by atoms with Crippen molar-refractivity contribution >= 4 is 23.4 Å². The average Bonchev–Trinajstić information content (AvgIpc) is 2.45. The predicted molar refractivity (Wildman–Crippen MR) is 85.2 cm³/mol. The van der Waals surface area contributed by atoms with E-state index in [-0.39, 0.29) is 10.7 Å². The van der Waals surface area contributed by atoms with Crippen LogP contribution in [0.2, 0.25) is 0 Å². The molecule has 4 nitrogen and oxygen atoms in total. The molecule has 20 heavy (non-hydrogen) atoms. The van der Waals surface area contributed by atoms with Crippen molar-refractivity contribution in [2.24, 2.45) is 0 Å². The minimum absolute atomic E-state index is 0.147. The van der Waals surface area contributed by atoms with E-state index in [1.807, 2.05) is 29.4 Å². The maximum Gasteiger partial charge on any atom is 0.232 e. The first-order valence-corrected chi connectivity index (χ1v) is 8.01. The fourth-order valence-corrected chi connectivity index (χ4v) is 2.88. The summed E-state index contributed by atoms with van der Waals surface area (Å²) in [6, 6.07) is 4.04. The third-order valence-electron chi connectivity index (χ3n) is 3.29. The lowest BCUT2D eigenvalue weighted by atomic mass is 10.2. The maximum atomic E-state index is 12.2. The molecule has 0 spiro atoms. The number of amides is 1. The first-order chi connectivity index (χ1) is 9.46. The lowest BCUT2D eigenvalue weighted by Gasteiger charge is -2.36. The fourth-order valence-electron chi connectivity index (χ4n) is 2.14. The largest absolute Gasteiger partial charge is 0.368 e. The second-order valence-electron chi connectivity index (χ2n) is 5.97. The Morgan fingerprint density at radius 2 is 1.80 bits per heavy atom. The third kappa shape index (κ3) is 4.40. The molecule has 1 amide bonds. The zero-order valence-corrected chi connectivity index (χ0v) is 13.3. The van der Waals surface area contributed by atoms with Crippen LogP contribution in [0.4, 0.5) is 5.69 Å². The lowest BCUT2D eigenvalue weighted by molar-refractivity contribution is -0.128. The van der Waals surface area contributed by atoms with Crippen molar-refractivity contribution in [2.45, 2.75) is 25.5 Å². The number of nitrogens with zero attached hydrogens (tertiary/aromatic N) is 3. The van der Waals surface area contributed by atoms with Gasteiger partial charge in [-0.05, 0) is 12.1 Å². The molecule has 110 valence electrons. The van der Waals surface area contributed by atoms with E-state index < -0.39 is 0 Å². The van der Waals surface area contributed by atoms with Crippen molar-refractivity contribution in [2.75, 3.05) is 36.8 Å². The molecule has 0 saturated carbocycles. The van der Waals surface area contributed by atoms with E-state index in [0.717, 1.165) is 26.2 Å². The Morgan fingerprint density at radius 3 is 2.35 bits per heavy atom. The maximum absolute atomic E-state index is 12.2. The number of hydrogen-bond donors (Lipinski definition) is 0. The first-order valence-electron chi connectivity index (χ1n) is 7.02. The molecule has 0 N–H and O–H groups in total. The number of thioether (sulfide) groups is 1. The summed E-state index contributed by atoms with van der Waals surface area (Å²) in [5, 5.41) is 0.